The molecule has 0 saturated carbocycles. The molecule has 2 aliphatic heterocycles. The number of sulfonamides is 1. The number of ether oxygens (including phenoxy) is 1. The number of hydrogen-bond donors (Lipinski definition) is 0. The smallest absolute Gasteiger partial charge is 0.230 e. The average molecular weight is 459 g/mol. The molecule has 0 radical (unpaired) electrons. The highest BCUT2D eigenvalue weighted by Gasteiger charge is 2.45. The van der Waals surface area contributed by atoms with Crippen LogP contribution in [0.4, 0.5) is 0 Å². The van der Waals surface area contributed by atoms with E-state index in [0.717, 1.165) is 29.8 Å². The van der Waals surface area contributed by atoms with Crippen LogP contribution >= 0.6 is 0 Å². The molecule has 4 rings (SSSR count). The van der Waals surface area contributed by atoms with E-state index in [-0.39, 0.29) is 18.5 Å². The molecule has 0 N–H and O–H groups in total. The fourth-order valence-electron chi connectivity index (χ4n) is 4.75. The summed E-state index contributed by atoms with van der Waals surface area (Å²) in [4.78, 5) is 24.7. The molecule has 1 aromatic carbocycles. The Labute approximate surface area is 189 Å². The van der Waals surface area contributed by atoms with Gasteiger partial charge in [0.05, 0.1) is 30.5 Å². The number of piperidine rings is 1. The van der Waals surface area contributed by atoms with Crippen molar-refractivity contribution in [3.8, 4) is 17.1 Å². The number of nitrogens with zero attached hydrogens (tertiary/aromatic N) is 4. The summed E-state index contributed by atoms with van der Waals surface area (Å²) < 4.78 is 30.8. The minimum absolute atomic E-state index is 0.0120. The van der Waals surface area contributed by atoms with Gasteiger partial charge < -0.3 is 9.64 Å². The zero-order chi connectivity index (χ0) is 22.9. The topological polar surface area (TPSA) is 92.7 Å². The van der Waals surface area contributed by atoms with Crippen LogP contribution in [-0.2, 0) is 14.8 Å². The molecule has 2 aromatic rings. The fraction of sp³-hybridized carbons (Fsp3) is 0.522. The van der Waals surface area contributed by atoms with Crippen molar-refractivity contribution in [1.29, 1.82) is 0 Å². The van der Waals surface area contributed by atoms with Gasteiger partial charge >= 0.3 is 0 Å². The maximum atomic E-state index is 13.7. The lowest BCUT2D eigenvalue weighted by molar-refractivity contribution is -0.144. The second-order valence-electron chi connectivity index (χ2n) is 8.95. The molecule has 0 bridgehead atoms. The second-order valence-corrected chi connectivity index (χ2v) is 10.9. The van der Waals surface area contributed by atoms with Gasteiger partial charge in [0.25, 0.3) is 0 Å². The van der Waals surface area contributed by atoms with E-state index >= 15 is 0 Å². The summed E-state index contributed by atoms with van der Waals surface area (Å²) in [5.74, 6) is 1.39. The van der Waals surface area contributed by atoms with Gasteiger partial charge in [-0.1, -0.05) is 0 Å². The second kappa shape index (κ2) is 8.78. The predicted molar refractivity (Wildman–Crippen MR) is 121 cm³/mol. The molecule has 3 heterocycles. The van der Waals surface area contributed by atoms with Crippen LogP contribution in [0, 0.1) is 5.41 Å². The Morgan fingerprint density at radius 1 is 1.16 bits per heavy atom. The maximum absolute atomic E-state index is 13.7. The molecule has 1 aromatic heterocycles. The lowest BCUT2D eigenvalue weighted by Crippen LogP contribution is -2.52. The highest BCUT2D eigenvalue weighted by atomic mass is 32.2. The van der Waals surface area contributed by atoms with Gasteiger partial charge in [-0.05, 0) is 62.9 Å². The molecule has 9 heteroatoms. The van der Waals surface area contributed by atoms with Crippen molar-refractivity contribution in [2.24, 2.45) is 5.41 Å². The Balaban J connectivity index is 1.57. The predicted octanol–water partition coefficient (Wildman–Crippen LogP) is 2.88. The number of hydrogen-bond acceptors (Lipinski definition) is 6. The summed E-state index contributed by atoms with van der Waals surface area (Å²) in [6.07, 6.45) is 6.03. The van der Waals surface area contributed by atoms with E-state index in [1.54, 1.807) is 13.3 Å². The van der Waals surface area contributed by atoms with Crippen molar-refractivity contribution in [2.75, 3.05) is 33.0 Å². The molecule has 32 heavy (non-hydrogen) atoms. The minimum Gasteiger partial charge on any atom is -0.497 e. The van der Waals surface area contributed by atoms with Crippen LogP contribution in [-0.4, -0.2) is 66.5 Å². The van der Waals surface area contributed by atoms with Crippen molar-refractivity contribution in [3.63, 3.8) is 0 Å². The summed E-state index contributed by atoms with van der Waals surface area (Å²) in [5.41, 5.74) is 0.970. The number of aromatic nitrogens is 2. The van der Waals surface area contributed by atoms with Crippen molar-refractivity contribution >= 4 is 15.9 Å². The van der Waals surface area contributed by atoms with Gasteiger partial charge in [0, 0.05) is 31.4 Å². The number of benzene rings is 1. The highest BCUT2D eigenvalue weighted by molar-refractivity contribution is 7.88. The van der Waals surface area contributed by atoms with Crippen LogP contribution in [0.5, 0.6) is 5.75 Å². The first-order chi connectivity index (χ1) is 15.2. The molecular weight excluding hydrogens is 428 g/mol. The maximum Gasteiger partial charge on any atom is 0.230 e. The molecule has 8 nitrogen and oxygen atoms in total. The number of carbonyl (C=O) groups excluding carboxylic acids is 1. The Morgan fingerprint density at radius 3 is 2.59 bits per heavy atom. The van der Waals surface area contributed by atoms with Crippen LogP contribution in [0.1, 0.15) is 44.3 Å². The number of amides is 1. The van der Waals surface area contributed by atoms with Crippen LogP contribution in [0.15, 0.2) is 36.5 Å². The SMILES string of the molecule is COc1ccc(-c2nccc([C@@H]3CCCN3C(=O)[C@]3(C)CCCN(S(C)(=O)=O)C3)n2)cc1. The highest BCUT2D eigenvalue weighted by Crippen LogP contribution is 2.39. The lowest BCUT2D eigenvalue weighted by Gasteiger charge is -2.41. The van der Waals surface area contributed by atoms with E-state index in [4.69, 9.17) is 9.72 Å². The average Bonchev–Trinajstić information content (AvgIpc) is 3.28. The molecule has 2 aliphatic rings. The summed E-state index contributed by atoms with van der Waals surface area (Å²) in [7, 11) is -1.70. The van der Waals surface area contributed by atoms with E-state index in [2.05, 4.69) is 4.98 Å². The normalized spacial score (nSPS) is 24.5. The van der Waals surface area contributed by atoms with E-state index < -0.39 is 15.4 Å². The third-order valence-electron chi connectivity index (χ3n) is 6.53. The molecular formula is C23H30N4O4S. The molecule has 2 saturated heterocycles. The molecule has 172 valence electrons. The van der Waals surface area contributed by atoms with Gasteiger partial charge in [-0.25, -0.2) is 22.7 Å². The first-order valence-corrected chi connectivity index (χ1v) is 12.8. The van der Waals surface area contributed by atoms with Crippen molar-refractivity contribution in [2.45, 2.75) is 38.6 Å². The number of likely N-dealkylation sites (tertiary alicyclic amines) is 1. The third kappa shape index (κ3) is 4.49. The van der Waals surface area contributed by atoms with Crippen molar-refractivity contribution < 1.29 is 17.9 Å². The Bertz CT molecular complexity index is 1090. The van der Waals surface area contributed by atoms with Crippen LogP contribution < -0.4 is 4.74 Å². The van der Waals surface area contributed by atoms with E-state index in [1.807, 2.05) is 42.2 Å². The summed E-state index contributed by atoms with van der Waals surface area (Å²) >= 11 is 0. The summed E-state index contributed by atoms with van der Waals surface area (Å²) in [6.45, 7) is 3.25. The first-order valence-electron chi connectivity index (χ1n) is 10.9. The first kappa shape index (κ1) is 22.7. The molecule has 0 aliphatic carbocycles. The molecule has 2 atom stereocenters. The largest absolute Gasteiger partial charge is 0.497 e. The zero-order valence-corrected chi connectivity index (χ0v) is 19.6. The van der Waals surface area contributed by atoms with Crippen molar-refractivity contribution in [3.05, 3.63) is 42.2 Å². The number of carbonyl (C=O) groups is 1. The van der Waals surface area contributed by atoms with Gasteiger partial charge in [-0.2, -0.15) is 0 Å². The Hall–Kier alpha value is -2.52. The van der Waals surface area contributed by atoms with Gasteiger partial charge in [-0.3, -0.25) is 4.79 Å². The number of methoxy groups -OCH3 is 1. The molecule has 2 fully saturated rings. The van der Waals surface area contributed by atoms with Gasteiger partial charge in [-0.15, -0.1) is 0 Å². The fourth-order valence-corrected chi connectivity index (χ4v) is 5.73. The summed E-state index contributed by atoms with van der Waals surface area (Å²) in [5, 5.41) is 0. The van der Waals surface area contributed by atoms with E-state index in [0.29, 0.717) is 31.8 Å². The molecule has 1 amide bonds. The monoisotopic (exact) mass is 458 g/mol. The lowest BCUT2D eigenvalue weighted by atomic mass is 9.81. The Kier molecular flexibility index (Phi) is 6.22. The molecule has 0 unspecified atom stereocenters. The van der Waals surface area contributed by atoms with Gasteiger partial charge in [0.2, 0.25) is 15.9 Å². The van der Waals surface area contributed by atoms with Crippen LogP contribution in [0.2, 0.25) is 0 Å². The minimum atomic E-state index is -3.33. The third-order valence-corrected chi connectivity index (χ3v) is 7.78. The van der Waals surface area contributed by atoms with Gasteiger partial charge in [0.1, 0.15) is 5.75 Å². The van der Waals surface area contributed by atoms with Gasteiger partial charge in [0.15, 0.2) is 5.82 Å². The van der Waals surface area contributed by atoms with Crippen molar-refractivity contribution in [1.82, 2.24) is 19.2 Å². The Morgan fingerprint density at radius 2 is 1.91 bits per heavy atom. The zero-order valence-electron chi connectivity index (χ0n) is 18.8. The van der Waals surface area contributed by atoms with E-state index in [9.17, 15) is 13.2 Å². The standard InChI is InChI=1S/C23H30N4O4S/c1-23(12-5-14-26(16-23)32(3,29)30)22(28)27-15-4-6-20(27)19-11-13-24-21(25-19)17-7-9-18(31-2)10-8-17/h7-11,13,20H,4-6,12,14-16H2,1-3H3/t20-,23+/m0/s1. The summed E-state index contributed by atoms with van der Waals surface area (Å²) in [6, 6.07) is 9.31. The quantitative estimate of drug-likeness (QED) is 0.684. The number of rotatable bonds is 5. The van der Waals surface area contributed by atoms with E-state index in [1.165, 1.54) is 10.6 Å². The molecule has 0 spiro atoms. The van der Waals surface area contributed by atoms with Crippen LogP contribution in [0.25, 0.3) is 11.4 Å². The van der Waals surface area contributed by atoms with Crippen LogP contribution in [0.3, 0.4) is 0 Å².